The molecule has 0 spiro atoms. The Labute approximate surface area is 153 Å². The predicted octanol–water partition coefficient (Wildman–Crippen LogP) is 3.48. The molecule has 0 radical (unpaired) electrons. The second-order valence-electron chi connectivity index (χ2n) is 6.84. The van der Waals surface area contributed by atoms with Crippen LogP contribution in [0.4, 0.5) is 0 Å². The Morgan fingerprint density at radius 3 is 2.58 bits per heavy atom. The Morgan fingerprint density at radius 2 is 1.85 bits per heavy atom. The maximum Gasteiger partial charge on any atom is 0.268 e. The van der Waals surface area contributed by atoms with E-state index in [4.69, 9.17) is 4.74 Å². The van der Waals surface area contributed by atoms with Crippen LogP contribution in [0.1, 0.15) is 30.9 Å². The van der Waals surface area contributed by atoms with Crippen molar-refractivity contribution >= 4 is 20.9 Å². The van der Waals surface area contributed by atoms with Crippen LogP contribution in [0.25, 0.3) is 10.9 Å². The molecule has 3 aromatic rings. The monoisotopic (exact) mass is 370 g/mol. The minimum Gasteiger partial charge on any atom is -0.492 e. The van der Waals surface area contributed by atoms with Crippen molar-refractivity contribution in [1.82, 2.24) is 9.29 Å². The molecule has 26 heavy (non-hydrogen) atoms. The van der Waals surface area contributed by atoms with E-state index in [0.29, 0.717) is 29.5 Å². The predicted molar refractivity (Wildman–Crippen MR) is 102 cm³/mol. The number of hydrogen-bond acceptors (Lipinski definition) is 4. The molecule has 1 N–H and O–H groups in total. The van der Waals surface area contributed by atoms with Gasteiger partial charge in [-0.2, -0.15) is 0 Å². The van der Waals surface area contributed by atoms with Crippen LogP contribution in [0.3, 0.4) is 0 Å². The molecule has 0 atom stereocenters. The van der Waals surface area contributed by atoms with Crippen LogP contribution in [-0.2, 0) is 16.6 Å². The van der Waals surface area contributed by atoms with Crippen molar-refractivity contribution in [2.45, 2.75) is 31.2 Å². The Morgan fingerprint density at radius 1 is 1.08 bits per heavy atom. The summed E-state index contributed by atoms with van der Waals surface area (Å²) < 4.78 is 33.4. The highest BCUT2D eigenvalue weighted by molar-refractivity contribution is 7.90. The molecule has 0 unspecified atom stereocenters. The Hall–Kier alpha value is -2.31. The number of nitrogens with one attached hydrogen (secondary N) is 1. The van der Waals surface area contributed by atoms with Gasteiger partial charge >= 0.3 is 0 Å². The smallest absolute Gasteiger partial charge is 0.268 e. The van der Waals surface area contributed by atoms with Crippen molar-refractivity contribution in [3.8, 4) is 5.75 Å². The van der Waals surface area contributed by atoms with Crippen LogP contribution >= 0.6 is 0 Å². The maximum atomic E-state index is 13.1. The van der Waals surface area contributed by atoms with Crippen LogP contribution in [0.15, 0.2) is 53.6 Å². The van der Waals surface area contributed by atoms with Crippen molar-refractivity contribution < 1.29 is 13.2 Å². The second kappa shape index (κ2) is 6.45. The number of nitrogens with zero attached hydrogens (tertiary/aromatic N) is 1. The lowest BCUT2D eigenvalue weighted by atomic mass is 10.0. The lowest BCUT2D eigenvalue weighted by Gasteiger charge is -2.12. The van der Waals surface area contributed by atoms with Gasteiger partial charge in [-0.1, -0.05) is 26.0 Å². The van der Waals surface area contributed by atoms with Gasteiger partial charge in [-0.15, -0.1) is 0 Å². The van der Waals surface area contributed by atoms with Crippen LogP contribution in [0.2, 0.25) is 0 Å². The fourth-order valence-corrected chi connectivity index (χ4v) is 4.69. The van der Waals surface area contributed by atoms with Gasteiger partial charge < -0.3 is 10.1 Å². The third-order valence-corrected chi connectivity index (χ3v) is 6.55. The van der Waals surface area contributed by atoms with E-state index in [1.54, 1.807) is 18.3 Å². The SMILES string of the molecule is CC(C)c1ccc(S(=O)(=O)n2ccc3c4c(ccc32)OCCNC4)cc1. The first kappa shape index (κ1) is 17.1. The van der Waals surface area contributed by atoms with Crippen LogP contribution in [-0.4, -0.2) is 25.5 Å². The van der Waals surface area contributed by atoms with E-state index >= 15 is 0 Å². The van der Waals surface area contributed by atoms with Gasteiger partial charge in [0.2, 0.25) is 0 Å². The van der Waals surface area contributed by atoms with Crippen molar-refractivity contribution in [2.75, 3.05) is 13.2 Å². The summed E-state index contributed by atoms with van der Waals surface area (Å²) in [5.74, 6) is 1.18. The minimum absolute atomic E-state index is 0.295. The Balaban J connectivity index is 1.82. The van der Waals surface area contributed by atoms with E-state index in [9.17, 15) is 8.42 Å². The van der Waals surface area contributed by atoms with Gasteiger partial charge in [0.05, 0.1) is 10.4 Å². The van der Waals surface area contributed by atoms with Crippen LogP contribution in [0, 0.1) is 0 Å². The summed E-state index contributed by atoms with van der Waals surface area (Å²) in [6, 6.07) is 12.7. The molecule has 6 heteroatoms. The summed E-state index contributed by atoms with van der Waals surface area (Å²) in [5.41, 5.74) is 2.79. The number of rotatable bonds is 3. The number of fused-ring (bicyclic) bond motifs is 3. The molecular weight excluding hydrogens is 348 g/mol. The highest BCUT2D eigenvalue weighted by Gasteiger charge is 2.21. The Bertz CT molecular complexity index is 1050. The van der Waals surface area contributed by atoms with E-state index in [-0.39, 0.29) is 0 Å². The van der Waals surface area contributed by atoms with Gasteiger partial charge in [-0.25, -0.2) is 12.4 Å². The summed E-state index contributed by atoms with van der Waals surface area (Å²) in [6.07, 6.45) is 1.63. The molecule has 2 aromatic carbocycles. The Kier molecular flexibility index (Phi) is 4.25. The average molecular weight is 370 g/mol. The molecule has 5 nitrogen and oxygen atoms in total. The zero-order valence-electron chi connectivity index (χ0n) is 14.9. The molecule has 0 saturated heterocycles. The van der Waals surface area contributed by atoms with E-state index in [1.807, 2.05) is 30.3 Å². The first-order valence-corrected chi connectivity index (χ1v) is 10.2. The average Bonchev–Trinajstić information content (AvgIpc) is 2.93. The van der Waals surface area contributed by atoms with E-state index in [1.165, 1.54) is 3.97 Å². The summed E-state index contributed by atoms with van der Waals surface area (Å²) in [7, 11) is -3.64. The third-order valence-electron chi connectivity index (χ3n) is 4.85. The molecule has 0 amide bonds. The quantitative estimate of drug-likeness (QED) is 0.767. The zero-order chi connectivity index (χ0) is 18.3. The number of aromatic nitrogens is 1. The molecule has 0 aliphatic carbocycles. The van der Waals surface area contributed by atoms with Crippen molar-refractivity contribution in [2.24, 2.45) is 0 Å². The van der Waals surface area contributed by atoms with Crippen molar-refractivity contribution in [3.63, 3.8) is 0 Å². The molecule has 2 heterocycles. The fourth-order valence-electron chi connectivity index (χ4n) is 3.34. The van der Waals surface area contributed by atoms with Gasteiger partial charge in [0.1, 0.15) is 12.4 Å². The molecule has 1 aliphatic heterocycles. The topological polar surface area (TPSA) is 60.3 Å². The van der Waals surface area contributed by atoms with E-state index in [0.717, 1.165) is 28.8 Å². The van der Waals surface area contributed by atoms with Gasteiger partial charge in [-0.05, 0) is 41.8 Å². The third kappa shape index (κ3) is 2.79. The molecule has 0 fully saturated rings. The zero-order valence-corrected chi connectivity index (χ0v) is 15.7. The standard InChI is InChI=1S/C20H22N2O3S/c1-14(2)15-3-5-16(6-4-15)26(23,24)22-11-9-17-18-13-21-10-12-25-20(18)8-7-19(17)22/h3-9,11,14,21H,10,12-13H2,1-2H3. The van der Waals surface area contributed by atoms with Crippen molar-refractivity contribution in [3.05, 3.63) is 59.8 Å². The van der Waals surface area contributed by atoms with Crippen LogP contribution in [0.5, 0.6) is 5.75 Å². The van der Waals surface area contributed by atoms with Gasteiger partial charge in [0, 0.05) is 30.2 Å². The highest BCUT2D eigenvalue weighted by atomic mass is 32.2. The molecule has 0 bridgehead atoms. The van der Waals surface area contributed by atoms with Gasteiger partial charge in [-0.3, -0.25) is 0 Å². The molecule has 4 rings (SSSR count). The van der Waals surface area contributed by atoms with E-state index < -0.39 is 10.0 Å². The van der Waals surface area contributed by atoms with Crippen LogP contribution < -0.4 is 10.1 Å². The lowest BCUT2D eigenvalue weighted by Crippen LogP contribution is -2.16. The number of ether oxygens (including phenoxy) is 1. The largest absolute Gasteiger partial charge is 0.492 e. The molecule has 1 aliphatic rings. The second-order valence-corrected chi connectivity index (χ2v) is 8.66. The minimum atomic E-state index is -3.64. The molecular formula is C20H22N2O3S. The highest BCUT2D eigenvalue weighted by Crippen LogP contribution is 2.32. The molecule has 0 saturated carbocycles. The van der Waals surface area contributed by atoms with E-state index in [2.05, 4.69) is 19.2 Å². The first-order valence-electron chi connectivity index (χ1n) is 8.80. The number of hydrogen-bond donors (Lipinski definition) is 1. The van der Waals surface area contributed by atoms with Crippen molar-refractivity contribution in [1.29, 1.82) is 0 Å². The summed E-state index contributed by atoms with van der Waals surface area (Å²) >= 11 is 0. The summed E-state index contributed by atoms with van der Waals surface area (Å²) in [6.45, 7) is 6.23. The summed E-state index contributed by atoms with van der Waals surface area (Å²) in [5, 5.41) is 4.21. The van der Waals surface area contributed by atoms with Gasteiger partial charge in [0.15, 0.2) is 0 Å². The first-order chi connectivity index (χ1) is 12.5. The fraction of sp³-hybridized carbons (Fsp3) is 0.300. The molecule has 136 valence electrons. The lowest BCUT2D eigenvalue weighted by molar-refractivity contribution is 0.326. The molecule has 1 aromatic heterocycles. The number of benzene rings is 2. The maximum absolute atomic E-state index is 13.1. The summed E-state index contributed by atoms with van der Waals surface area (Å²) in [4.78, 5) is 0.295. The normalized spacial score (nSPS) is 14.9. The van der Waals surface area contributed by atoms with Gasteiger partial charge in [0.25, 0.3) is 10.0 Å².